The van der Waals surface area contributed by atoms with Gasteiger partial charge in [-0.3, -0.25) is 0 Å². The van der Waals surface area contributed by atoms with E-state index < -0.39 is 12.0 Å². The summed E-state index contributed by atoms with van der Waals surface area (Å²) in [5, 5.41) is 0. The fraction of sp³-hybridized carbons (Fsp3) is 0.167. The van der Waals surface area contributed by atoms with E-state index in [1.807, 2.05) is 0 Å². The molecule has 130 valence electrons. The number of alkyl halides is 2. The first-order valence-electron chi connectivity index (χ1n) is 7.33. The highest BCUT2D eigenvalue weighted by molar-refractivity contribution is 5.57. The lowest BCUT2D eigenvalue weighted by Gasteiger charge is -2.14. The highest BCUT2D eigenvalue weighted by Gasteiger charge is 2.41. The summed E-state index contributed by atoms with van der Waals surface area (Å²) in [6, 6.07) is 12.6. The molecule has 0 spiro atoms. The van der Waals surface area contributed by atoms with Gasteiger partial charge in [-0.05, 0) is 48.5 Å². The molecule has 0 fully saturated rings. The molecule has 5 nitrogen and oxygen atoms in total. The Morgan fingerprint density at radius 3 is 1.92 bits per heavy atom. The van der Waals surface area contributed by atoms with Crippen LogP contribution in [0.3, 0.4) is 0 Å². The van der Waals surface area contributed by atoms with Gasteiger partial charge in [0.2, 0.25) is 0 Å². The standard InChI is InChI=1S/C18H15F2NO4/c1-22-13-5-3-12(4-6-13)16-11-21-17(24-16)18(19,20)25-15-9-7-14(23-2)8-10-15/h3-11H,1-2H3. The maximum absolute atomic E-state index is 14.2. The second-order valence-electron chi connectivity index (χ2n) is 5.05. The quantitative estimate of drug-likeness (QED) is 0.658. The van der Waals surface area contributed by atoms with Crippen LogP contribution in [0.15, 0.2) is 59.1 Å². The number of benzene rings is 2. The Balaban J connectivity index is 1.78. The minimum Gasteiger partial charge on any atom is -0.497 e. The SMILES string of the molecule is COc1ccc(OC(F)(F)c2ncc(-c3ccc(OC)cc3)o2)cc1. The van der Waals surface area contributed by atoms with Crippen molar-refractivity contribution in [1.82, 2.24) is 4.98 Å². The van der Waals surface area contributed by atoms with Gasteiger partial charge in [0.05, 0.1) is 20.4 Å². The molecule has 0 atom stereocenters. The predicted octanol–water partition coefficient (Wildman–Crippen LogP) is 4.49. The second kappa shape index (κ2) is 6.80. The summed E-state index contributed by atoms with van der Waals surface area (Å²) in [6.45, 7) is 0. The molecular weight excluding hydrogens is 332 g/mol. The molecule has 3 rings (SSSR count). The van der Waals surface area contributed by atoms with Gasteiger partial charge >= 0.3 is 12.0 Å². The minimum absolute atomic E-state index is 0.0324. The lowest BCUT2D eigenvalue weighted by Crippen LogP contribution is -2.22. The van der Waals surface area contributed by atoms with Crippen molar-refractivity contribution in [2.45, 2.75) is 6.11 Å². The van der Waals surface area contributed by atoms with E-state index in [4.69, 9.17) is 18.6 Å². The van der Waals surface area contributed by atoms with Gasteiger partial charge in [0.15, 0.2) is 5.76 Å². The molecule has 1 aromatic heterocycles. The monoisotopic (exact) mass is 347 g/mol. The zero-order chi connectivity index (χ0) is 17.9. The summed E-state index contributed by atoms with van der Waals surface area (Å²) >= 11 is 0. The van der Waals surface area contributed by atoms with E-state index >= 15 is 0 Å². The molecule has 3 aromatic rings. The number of oxazole rings is 1. The number of ether oxygens (including phenoxy) is 3. The van der Waals surface area contributed by atoms with E-state index in [1.165, 1.54) is 37.6 Å². The van der Waals surface area contributed by atoms with Crippen molar-refractivity contribution in [3.8, 4) is 28.6 Å². The van der Waals surface area contributed by atoms with Gasteiger partial charge in [0, 0.05) is 5.56 Å². The average molecular weight is 347 g/mol. The summed E-state index contributed by atoms with van der Waals surface area (Å²) in [5.41, 5.74) is 0.597. The van der Waals surface area contributed by atoms with Crippen LogP contribution in [0.1, 0.15) is 5.89 Å². The van der Waals surface area contributed by atoms with Crippen LogP contribution in [0.4, 0.5) is 8.78 Å². The lowest BCUT2D eigenvalue weighted by atomic mass is 10.2. The van der Waals surface area contributed by atoms with Crippen molar-refractivity contribution in [3.05, 3.63) is 60.6 Å². The zero-order valence-corrected chi connectivity index (χ0v) is 13.5. The van der Waals surface area contributed by atoms with Crippen LogP contribution in [0.5, 0.6) is 17.2 Å². The largest absolute Gasteiger partial charge is 0.497 e. The van der Waals surface area contributed by atoms with Crippen LogP contribution in [0.2, 0.25) is 0 Å². The lowest BCUT2D eigenvalue weighted by molar-refractivity contribution is -0.202. The number of halogens is 2. The highest BCUT2D eigenvalue weighted by Crippen LogP contribution is 2.34. The molecule has 0 saturated heterocycles. The van der Waals surface area contributed by atoms with Crippen molar-refractivity contribution in [2.24, 2.45) is 0 Å². The number of nitrogens with zero attached hydrogens (tertiary/aromatic N) is 1. The third-order valence-corrected chi connectivity index (χ3v) is 3.43. The summed E-state index contributed by atoms with van der Waals surface area (Å²) in [4.78, 5) is 3.64. The van der Waals surface area contributed by atoms with E-state index in [1.54, 1.807) is 31.4 Å². The summed E-state index contributed by atoms with van der Waals surface area (Å²) < 4.78 is 48.4. The second-order valence-corrected chi connectivity index (χ2v) is 5.05. The van der Waals surface area contributed by atoms with Crippen molar-refractivity contribution >= 4 is 0 Å². The fourth-order valence-corrected chi connectivity index (χ4v) is 2.13. The van der Waals surface area contributed by atoms with Crippen LogP contribution in [-0.4, -0.2) is 19.2 Å². The number of aromatic nitrogens is 1. The maximum Gasteiger partial charge on any atom is 0.480 e. The molecule has 0 aliphatic carbocycles. The highest BCUT2D eigenvalue weighted by atomic mass is 19.3. The maximum atomic E-state index is 14.2. The van der Waals surface area contributed by atoms with Crippen LogP contribution < -0.4 is 14.2 Å². The molecule has 2 aromatic carbocycles. The smallest absolute Gasteiger partial charge is 0.480 e. The van der Waals surface area contributed by atoms with Crippen LogP contribution in [0.25, 0.3) is 11.3 Å². The third kappa shape index (κ3) is 3.71. The summed E-state index contributed by atoms with van der Waals surface area (Å²) in [7, 11) is 3.02. The number of hydrogen-bond acceptors (Lipinski definition) is 5. The Bertz CT molecular complexity index is 829. The average Bonchev–Trinajstić information content (AvgIpc) is 3.13. The Morgan fingerprint density at radius 1 is 0.840 bits per heavy atom. The first-order valence-corrected chi connectivity index (χ1v) is 7.33. The molecule has 0 bridgehead atoms. The predicted molar refractivity (Wildman–Crippen MR) is 86.0 cm³/mol. The van der Waals surface area contributed by atoms with Gasteiger partial charge in [-0.1, -0.05) is 0 Å². The fourth-order valence-electron chi connectivity index (χ4n) is 2.13. The molecule has 0 N–H and O–H groups in total. The molecule has 0 radical (unpaired) electrons. The molecule has 0 aliphatic heterocycles. The number of methoxy groups -OCH3 is 2. The molecule has 25 heavy (non-hydrogen) atoms. The first-order chi connectivity index (χ1) is 12.0. The molecule has 0 unspecified atom stereocenters. The topological polar surface area (TPSA) is 53.7 Å². The van der Waals surface area contributed by atoms with E-state index in [9.17, 15) is 8.78 Å². The Kier molecular flexibility index (Phi) is 4.56. The molecule has 0 aliphatic rings. The summed E-state index contributed by atoms with van der Waals surface area (Å²) in [5.74, 6) is 0.532. The molecule has 1 heterocycles. The van der Waals surface area contributed by atoms with Crippen molar-refractivity contribution in [3.63, 3.8) is 0 Å². The van der Waals surface area contributed by atoms with Crippen molar-refractivity contribution in [2.75, 3.05) is 14.2 Å². The van der Waals surface area contributed by atoms with Gasteiger partial charge in [0.25, 0.3) is 0 Å². The van der Waals surface area contributed by atoms with Crippen molar-refractivity contribution in [1.29, 1.82) is 0 Å². The molecule has 0 saturated carbocycles. The zero-order valence-electron chi connectivity index (χ0n) is 13.5. The van der Waals surface area contributed by atoms with E-state index in [-0.39, 0.29) is 11.5 Å². The Labute approximate surface area is 142 Å². The Hall–Kier alpha value is -3.09. The van der Waals surface area contributed by atoms with Gasteiger partial charge in [-0.25, -0.2) is 4.98 Å². The molecule has 7 heteroatoms. The van der Waals surface area contributed by atoms with E-state index in [0.29, 0.717) is 17.1 Å². The summed E-state index contributed by atoms with van der Waals surface area (Å²) in [6.07, 6.45) is -2.48. The number of hydrogen-bond donors (Lipinski definition) is 0. The van der Waals surface area contributed by atoms with Crippen LogP contribution in [-0.2, 0) is 6.11 Å². The van der Waals surface area contributed by atoms with Crippen LogP contribution in [0, 0.1) is 0 Å². The van der Waals surface area contributed by atoms with Gasteiger partial charge in [0.1, 0.15) is 17.2 Å². The minimum atomic E-state index is -3.71. The van der Waals surface area contributed by atoms with E-state index in [2.05, 4.69) is 4.98 Å². The van der Waals surface area contributed by atoms with E-state index in [0.717, 1.165) is 0 Å². The van der Waals surface area contributed by atoms with Gasteiger partial charge in [-0.2, -0.15) is 8.78 Å². The molecular formula is C18H15F2NO4. The Morgan fingerprint density at radius 2 is 1.36 bits per heavy atom. The van der Waals surface area contributed by atoms with Gasteiger partial charge < -0.3 is 18.6 Å². The normalized spacial score (nSPS) is 11.2. The first kappa shape index (κ1) is 16.8. The van der Waals surface area contributed by atoms with Crippen molar-refractivity contribution < 1.29 is 27.4 Å². The molecule has 0 amide bonds. The third-order valence-electron chi connectivity index (χ3n) is 3.43. The van der Waals surface area contributed by atoms with Crippen LogP contribution >= 0.6 is 0 Å². The van der Waals surface area contributed by atoms with Gasteiger partial charge in [-0.15, -0.1) is 0 Å². The number of rotatable bonds is 6.